The van der Waals surface area contributed by atoms with Gasteiger partial charge in [0.15, 0.2) is 0 Å². The van der Waals surface area contributed by atoms with Crippen LogP contribution in [0.1, 0.15) is 50.2 Å². The fourth-order valence-corrected chi connectivity index (χ4v) is 4.50. The molecular formula is C23H37N3O2. The summed E-state index contributed by atoms with van der Waals surface area (Å²) in [6.45, 7) is 9.95. The van der Waals surface area contributed by atoms with E-state index in [0.29, 0.717) is 19.0 Å². The van der Waals surface area contributed by atoms with Gasteiger partial charge in [-0.15, -0.1) is 0 Å². The van der Waals surface area contributed by atoms with Crippen molar-refractivity contribution in [2.75, 3.05) is 32.7 Å². The van der Waals surface area contributed by atoms with E-state index in [1.807, 2.05) is 6.92 Å². The predicted octanol–water partition coefficient (Wildman–Crippen LogP) is 2.56. The van der Waals surface area contributed by atoms with Crippen molar-refractivity contribution in [3.8, 4) is 0 Å². The molecule has 0 spiro atoms. The van der Waals surface area contributed by atoms with Crippen molar-refractivity contribution in [2.24, 2.45) is 5.92 Å². The highest BCUT2D eigenvalue weighted by Gasteiger charge is 2.30. The number of aliphatic hydroxyl groups excluding tert-OH is 1. The maximum Gasteiger partial charge on any atom is 0.223 e. The minimum Gasteiger partial charge on any atom is -0.391 e. The first kappa shape index (κ1) is 21.3. The highest BCUT2D eigenvalue weighted by molar-refractivity contribution is 5.78. The molecule has 2 aliphatic rings. The average molecular weight is 388 g/mol. The van der Waals surface area contributed by atoms with Gasteiger partial charge in [-0.1, -0.05) is 31.2 Å². The maximum atomic E-state index is 12.3. The molecule has 1 amide bonds. The molecule has 28 heavy (non-hydrogen) atoms. The van der Waals surface area contributed by atoms with Gasteiger partial charge in [0.25, 0.3) is 0 Å². The summed E-state index contributed by atoms with van der Waals surface area (Å²) in [4.78, 5) is 17.5. The lowest BCUT2D eigenvalue weighted by Gasteiger charge is -2.41. The van der Waals surface area contributed by atoms with Crippen LogP contribution < -0.4 is 5.32 Å². The number of piperidine rings is 2. The molecule has 2 saturated heterocycles. The number of carbonyl (C=O) groups is 1. The lowest BCUT2D eigenvalue weighted by molar-refractivity contribution is -0.127. The number of likely N-dealkylation sites (tertiary alicyclic amines) is 2. The van der Waals surface area contributed by atoms with Gasteiger partial charge in [-0.2, -0.15) is 0 Å². The number of aryl methyl sites for hydroxylation is 1. The van der Waals surface area contributed by atoms with Gasteiger partial charge in [-0.25, -0.2) is 0 Å². The van der Waals surface area contributed by atoms with E-state index < -0.39 is 6.10 Å². The van der Waals surface area contributed by atoms with E-state index in [4.69, 9.17) is 0 Å². The van der Waals surface area contributed by atoms with Gasteiger partial charge >= 0.3 is 0 Å². The van der Waals surface area contributed by atoms with Crippen LogP contribution in [0.25, 0.3) is 0 Å². The van der Waals surface area contributed by atoms with E-state index in [9.17, 15) is 9.90 Å². The Hall–Kier alpha value is -1.43. The van der Waals surface area contributed by atoms with Gasteiger partial charge in [-0.05, 0) is 76.3 Å². The van der Waals surface area contributed by atoms with Crippen molar-refractivity contribution < 1.29 is 9.90 Å². The summed E-state index contributed by atoms with van der Waals surface area (Å²) >= 11 is 0. The van der Waals surface area contributed by atoms with Crippen LogP contribution in [0.5, 0.6) is 0 Å². The molecule has 0 aliphatic carbocycles. The molecule has 2 N–H and O–H groups in total. The summed E-state index contributed by atoms with van der Waals surface area (Å²) in [5, 5.41) is 12.5. The number of benzene rings is 1. The quantitative estimate of drug-likeness (QED) is 0.755. The molecule has 0 radical (unpaired) electrons. The summed E-state index contributed by atoms with van der Waals surface area (Å²) in [7, 11) is 0. The third-order valence-electron chi connectivity index (χ3n) is 6.61. The Morgan fingerprint density at radius 2 is 1.82 bits per heavy atom. The van der Waals surface area contributed by atoms with Crippen LogP contribution in [-0.2, 0) is 11.3 Å². The Morgan fingerprint density at radius 3 is 2.46 bits per heavy atom. The first-order chi connectivity index (χ1) is 13.6. The molecular weight excluding hydrogens is 350 g/mol. The molecule has 0 aromatic heterocycles. The third kappa shape index (κ3) is 5.79. The maximum absolute atomic E-state index is 12.3. The summed E-state index contributed by atoms with van der Waals surface area (Å²) in [5.41, 5.74) is 2.83. The van der Waals surface area contributed by atoms with Gasteiger partial charge < -0.3 is 15.3 Å². The molecule has 2 aliphatic heterocycles. The SMILES string of the molecule is CC[C@@H](O)CNC(=O)C1CCN(C2CCN(Cc3ccccc3C)CC2)CC1. The summed E-state index contributed by atoms with van der Waals surface area (Å²) in [6.07, 6.45) is 4.60. The van der Waals surface area contributed by atoms with E-state index in [2.05, 4.69) is 46.3 Å². The Kier molecular flexibility index (Phi) is 7.89. The van der Waals surface area contributed by atoms with Gasteiger partial charge in [-0.3, -0.25) is 9.69 Å². The number of aliphatic hydroxyl groups is 1. The van der Waals surface area contributed by atoms with Gasteiger partial charge in [0.1, 0.15) is 0 Å². The summed E-state index contributed by atoms with van der Waals surface area (Å²) in [6, 6.07) is 9.36. The molecule has 1 atom stereocenters. The van der Waals surface area contributed by atoms with E-state index in [-0.39, 0.29) is 11.8 Å². The van der Waals surface area contributed by atoms with Crippen LogP contribution in [0.4, 0.5) is 0 Å². The summed E-state index contributed by atoms with van der Waals surface area (Å²) in [5.74, 6) is 0.238. The molecule has 0 saturated carbocycles. The lowest BCUT2D eigenvalue weighted by Crippen LogP contribution is -2.49. The standard InChI is InChI=1S/C23H37N3O2/c1-3-22(27)16-24-23(28)19-8-14-26(15-9-19)21-10-12-25(13-11-21)17-20-7-5-4-6-18(20)2/h4-7,19,21-22,27H,3,8-17H2,1-2H3,(H,24,28)/t22-/m1/s1. The number of hydrogen-bond donors (Lipinski definition) is 2. The van der Waals surface area contributed by atoms with Crippen LogP contribution in [0.2, 0.25) is 0 Å². The average Bonchev–Trinajstić information content (AvgIpc) is 2.74. The van der Waals surface area contributed by atoms with Crippen molar-refractivity contribution in [1.29, 1.82) is 0 Å². The first-order valence-electron chi connectivity index (χ1n) is 11.0. The zero-order chi connectivity index (χ0) is 19.9. The Morgan fingerprint density at radius 1 is 1.14 bits per heavy atom. The van der Waals surface area contributed by atoms with Gasteiger partial charge in [0.2, 0.25) is 5.91 Å². The van der Waals surface area contributed by atoms with E-state index in [1.54, 1.807) is 0 Å². The van der Waals surface area contributed by atoms with Crippen LogP contribution in [-0.4, -0.2) is 65.7 Å². The number of hydrogen-bond acceptors (Lipinski definition) is 4. The fraction of sp³-hybridized carbons (Fsp3) is 0.696. The molecule has 5 heteroatoms. The number of rotatable bonds is 7. The zero-order valence-electron chi connectivity index (χ0n) is 17.6. The molecule has 0 bridgehead atoms. The Balaban J connectivity index is 1.38. The van der Waals surface area contributed by atoms with Crippen LogP contribution in [0, 0.1) is 12.8 Å². The highest BCUT2D eigenvalue weighted by atomic mass is 16.3. The molecule has 2 fully saturated rings. The topological polar surface area (TPSA) is 55.8 Å². The molecule has 2 heterocycles. The fourth-order valence-electron chi connectivity index (χ4n) is 4.50. The molecule has 1 aromatic carbocycles. The lowest BCUT2D eigenvalue weighted by atomic mass is 9.92. The Labute approximate surface area is 170 Å². The van der Waals surface area contributed by atoms with Crippen molar-refractivity contribution in [3.63, 3.8) is 0 Å². The number of amides is 1. The molecule has 156 valence electrons. The predicted molar refractivity (Wildman–Crippen MR) is 113 cm³/mol. The van der Waals surface area contributed by atoms with Gasteiger partial charge in [0.05, 0.1) is 6.10 Å². The smallest absolute Gasteiger partial charge is 0.223 e. The first-order valence-corrected chi connectivity index (χ1v) is 11.0. The van der Waals surface area contributed by atoms with Crippen LogP contribution >= 0.6 is 0 Å². The molecule has 5 nitrogen and oxygen atoms in total. The molecule has 1 aromatic rings. The van der Waals surface area contributed by atoms with Crippen molar-refractivity contribution in [2.45, 2.75) is 64.6 Å². The number of nitrogens with zero attached hydrogens (tertiary/aromatic N) is 2. The van der Waals surface area contributed by atoms with E-state index in [0.717, 1.165) is 45.6 Å². The minimum absolute atomic E-state index is 0.112. The zero-order valence-corrected chi connectivity index (χ0v) is 17.6. The monoisotopic (exact) mass is 387 g/mol. The van der Waals surface area contributed by atoms with Crippen molar-refractivity contribution in [3.05, 3.63) is 35.4 Å². The van der Waals surface area contributed by atoms with Crippen LogP contribution in [0.3, 0.4) is 0 Å². The normalized spacial score (nSPS) is 21.5. The second-order valence-corrected chi connectivity index (χ2v) is 8.55. The highest BCUT2D eigenvalue weighted by Crippen LogP contribution is 2.25. The summed E-state index contributed by atoms with van der Waals surface area (Å²) < 4.78 is 0. The van der Waals surface area contributed by atoms with E-state index >= 15 is 0 Å². The van der Waals surface area contributed by atoms with Gasteiger partial charge in [0, 0.05) is 25.0 Å². The molecule has 3 rings (SSSR count). The third-order valence-corrected chi connectivity index (χ3v) is 6.61. The van der Waals surface area contributed by atoms with Crippen molar-refractivity contribution >= 4 is 5.91 Å². The second kappa shape index (κ2) is 10.4. The molecule has 0 unspecified atom stereocenters. The Bertz CT molecular complexity index is 620. The number of nitrogens with one attached hydrogen (secondary N) is 1. The largest absolute Gasteiger partial charge is 0.391 e. The second-order valence-electron chi connectivity index (χ2n) is 8.55. The van der Waals surface area contributed by atoms with Crippen LogP contribution in [0.15, 0.2) is 24.3 Å². The van der Waals surface area contributed by atoms with Crippen molar-refractivity contribution in [1.82, 2.24) is 15.1 Å². The number of carbonyl (C=O) groups excluding carboxylic acids is 1. The minimum atomic E-state index is -0.422. The van der Waals surface area contributed by atoms with E-state index in [1.165, 1.54) is 24.0 Å².